The van der Waals surface area contributed by atoms with Crippen molar-refractivity contribution in [2.45, 2.75) is 31.4 Å². The Kier molecular flexibility index (Phi) is 8.26. The van der Waals surface area contributed by atoms with Crippen LogP contribution in [0.3, 0.4) is 0 Å². The molecule has 3 aromatic carbocycles. The fourth-order valence-electron chi connectivity index (χ4n) is 3.86. The van der Waals surface area contributed by atoms with Crippen molar-refractivity contribution >= 4 is 64.0 Å². The number of nitrogens with one attached hydrogen (secondary N) is 2. The van der Waals surface area contributed by atoms with Crippen LogP contribution in [0.2, 0.25) is 15.1 Å². The van der Waals surface area contributed by atoms with Gasteiger partial charge in [0.05, 0.1) is 21.3 Å². The highest BCUT2D eigenvalue weighted by Crippen LogP contribution is 2.28. The summed E-state index contributed by atoms with van der Waals surface area (Å²) in [4.78, 5) is 43.0. The molecule has 38 heavy (non-hydrogen) atoms. The summed E-state index contributed by atoms with van der Waals surface area (Å²) in [5.74, 6) is -2.29. The molecule has 1 unspecified atom stereocenters. The van der Waals surface area contributed by atoms with Gasteiger partial charge in [-0.15, -0.1) is 0 Å². The fraction of sp³-hybridized carbons (Fsp3) is 0.185. The minimum atomic E-state index is -1.38. The zero-order chi connectivity index (χ0) is 27.4. The van der Waals surface area contributed by atoms with Crippen LogP contribution in [-0.2, 0) is 20.8 Å². The van der Waals surface area contributed by atoms with Gasteiger partial charge in [-0.3, -0.25) is 9.59 Å². The Morgan fingerprint density at radius 1 is 1.03 bits per heavy atom. The van der Waals surface area contributed by atoms with Crippen LogP contribution < -0.4 is 10.6 Å². The van der Waals surface area contributed by atoms with Crippen molar-refractivity contribution in [3.8, 4) is 0 Å². The number of oxime groups is 1. The first-order valence-electron chi connectivity index (χ1n) is 11.4. The minimum Gasteiger partial charge on any atom is -0.480 e. The number of hydrogen-bond donors (Lipinski definition) is 3. The summed E-state index contributed by atoms with van der Waals surface area (Å²) < 4.78 is 0. The summed E-state index contributed by atoms with van der Waals surface area (Å²) in [5.41, 5.74) is 1.11. The van der Waals surface area contributed by atoms with Gasteiger partial charge >= 0.3 is 5.97 Å². The summed E-state index contributed by atoms with van der Waals surface area (Å²) in [6, 6.07) is 17.1. The van der Waals surface area contributed by atoms with E-state index in [1.807, 2.05) is 0 Å². The van der Waals surface area contributed by atoms with Crippen molar-refractivity contribution in [2.75, 3.05) is 5.32 Å². The Hall–Kier alpha value is -3.59. The predicted octanol–water partition coefficient (Wildman–Crippen LogP) is 5.59. The van der Waals surface area contributed by atoms with Crippen molar-refractivity contribution in [3.05, 3.63) is 98.5 Å². The molecular formula is C27H22Cl3N3O5. The lowest BCUT2D eigenvalue weighted by molar-refractivity contribution is -0.148. The van der Waals surface area contributed by atoms with Crippen molar-refractivity contribution in [2.24, 2.45) is 5.16 Å². The number of amides is 2. The van der Waals surface area contributed by atoms with Gasteiger partial charge in [-0.05, 0) is 48.9 Å². The zero-order valence-electron chi connectivity index (χ0n) is 20.0. The highest BCUT2D eigenvalue weighted by molar-refractivity contribution is 6.40. The third kappa shape index (κ3) is 6.27. The van der Waals surface area contributed by atoms with Gasteiger partial charge in [-0.2, -0.15) is 0 Å². The lowest BCUT2D eigenvalue weighted by Gasteiger charge is -2.23. The van der Waals surface area contributed by atoms with Crippen molar-refractivity contribution in [1.82, 2.24) is 5.32 Å². The van der Waals surface area contributed by atoms with Crippen LogP contribution in [0, 0.1) is 0 Å². The van der Waals surface area contributed by atoms with Crippen LogP contribution in [-0.4, -0.2) is 40.2 Å². The van der Waals surface area contributed by atoms with Gasteiger partial charge in [0.15, 0.2) is 0 Å². The smallest absolute Gasteiger partial charge is 0.326 e. The molecule has 196 valence electrons. The van der Waals surface area contributed by atoms with Crippen molar-refractivity contribution in [1.29, 1.82) is 0 Å². The van der Waals surface area contributed by atoms with Gasteiger partial charge in [-0.25, -0.2) is 4.79 Å². The van der Waals surface area contributed by atoms with E-state index >= 15 is 0 Å². The second kappa shape index (κ2) is 11.4. The van der Waals surface area contributed by atoms with E-state index in [0.717, 1.165) is 0 Å². The number of carboxylic acid groups (broad SMARTS) is 1. The Morgan fingerprint density at radius 2 is 1.68 bits per heavy atom. The molecule has 0 aliphatic carbocycles. The molecule has 1 heterocycles. The van der Waals surface area contributed by atoms with E-state index in [1.54, 1.807) is 73.7 Å². The molecule has 1 aliphatic rings. The summed E-state index contributed by atoms with van der Waals surface area (Å²) >= 11 is 18.2. The highest BCUT2D eigenvalue weighted by Gasteiger charge is 2.43. The molecule has 4 rings (SSSR count). The SMILES string of the molecule is CC1(C(=O)N[C@@H](Cc2ccc(NC(=O)c3c(Cl)cccc3Cl)cc2)C(=O)O)CC(c2cccc(Cl)c2)=NO1. The summed E-state index contributed by atoms with van der Waals surface area (Å²) in [5, 5.41) is 20.0. The van der Waals surface area contributed by atoms with Crippen LogP contribution in [0.4, 0.5) is 5.69 Å². The van der Waals surface area contributed by atoms with E-state index in [9.17, 15) is 19.5 Å². The molecule has 0 radical (unpaired) electrons. The number of nitrogens with zero attached hydrogens (tertiary/aromatic N) is 1. The molecule has 8 nitrogen and oxygen atoms in total. The first kappa shape index (κ1) is 27.4. The maximum absolute atomic E-state index is 13.0. The summed E-state index contributed by atoms with van der Waals surface area (Å²) in [6.45, 7) is 1.55. The Bertz CT molecular complexity index is 1410. The number of carbonyl (C=O) groups excluding carboxylic acids is 2. The largest absolute Gasteiger partial charge is 0.480 e. The molecule has 0 saturated heterocycles. The maximum atomic E-state index is 13.0. The molecule has 0 aromatic heterocycles. The van der Waals surface area contributed by atoms with Gasteiger partial charge in [0, 0.05) is 29.1 Å². The third-order valence-electron chi connectivity index (χ3n) is 5.95. The third-order valence-corrected chi connectivity index (χ3v) is 6.81. The van der Waals surface area contributed by atoms with E-state index in [1.165, 1.54) is 0 Å². The minimum absolute atomic E-state index is 0.00370. The standard InChI is InChI=1S/C27H22Cl3N3O5/c1-27(14-22(33-38-27)16-4-2-5-17(28)13-16)26(37)32-21(25(35)36)12-15-8-10-18(11-9-15)31-24(34)23-19(29)6-3-7-20(23)30/h2-11,13,21H,12,14H2,1H3,(H,31,34)(H,32,37)(H,35,36)/t21-,27?/m0/s1. The van der Waals surface area contributed by atoms with Crippen molar-refractivity contribution in [3.63, 3.8) is 0 Å². The molecule has 2 amide bonds. The first-order chi connectivity index (χ1) is 18.1. The van der Waals surface area contributed by atoms with Gasteiger partial charge in [0.1, 0.15) is 6.04 Å². The molecular weight excluding hydrogens is 553 g/mol. The van der Waals surface area contributed by atoms with E-state index in [0.29, 0.717) is 27.5 Å². The second-order valence-corrected chi connectivity index (χ2v) is 10.1. The Morgan fingerprint density at radius 3 is 2.32 bits per heavy atom. The van der Waals surface area contributed by atoms with Gasteiger partial charge < -0.3 is 20.6 Å². The number of aliphatic carboxylic acids is 1. The van der Waals surface area contributed by atoms with Crippen LogP contribution in [0.25, 0.3) is 0 Å². The molecule has 0 spiro atoms. The quantitative estimate of drug-likeness (QED) is 0.324. The number of carboxylic acids is 1. The predicted molar refractivity (Wildman–Crippen MR) is 146 cm³/mol. The number of hydrogen-bond acceptors (Lipinski definition) is 5. The normalized spacial score (nSPS) is 17.2. The molecule has 0 bridgehead atoms. The van der Waals surface area contributed by atoms with Crippen LogP contribution in [0.15, 0.2) is 71.9 Å². The van der Waals surface area contributed by atoms with E-state index in [2.05, 4.69) is 15.8 Å². The first-order valence-corrected chi connectivity index (χ1v) is 12.6. The fourth-order valence-corrected chi connectivity index (χ4v) is 4.62. The van der Waals surface area contributed by atoms with E-state index in [-0.39, 0.29) is 28.5 Å². The molecule has 3 aromatic rings. The van der Waals surface area contributed by atoms with Crippen LogP contribution in [0.5, 0.6) is 0 Å². The summed E-state index contributed by atoms with van der Waals surface area (Å²) in [7, 11) is 0. The maximum Gasteiger partial charge on any atom is 0.326 e. The van der Waals surface area contributed by atoms with Crippen LogP contribution >= 0.6 is 34.8 Å². The average Bonchev–Trinajstić information content (AvgIpc) is 3.28. The molecule has 3 N–H and O–H groups in total. The van der Waals surface area contributed by atoms with E-state index in [4.69, 9.17) is 39.6 Å². The number of halogens is 3. The Balaban J connectivity index is 1.38. The molecule has 0 fully saturated rings. The highest BCUT2D eigenvalue weighted by atomic mass is 35.5. The molecule has 2 atom stereocenters. The average molecular weight is 575 g/mol. The van der Waals surface area contributed by atoms with Gasteiger partial charge in [0.2, 0.25) is 5.60 Å². The van der Waals surface area contributed by atoms with Gasteiger partial charge in [0.25, 0.3) is 11.8 Å². The summed E-state index contributed by atoms with van der Waals surface area (Å²) in [6.07, 6.45) is 0.152. The monoisotopic (exact) mass is 573 g/mol. The lowest BCUT2D eigenvalue weighted by atomic mass is 9.94. The Labute approximate surface area is 233 Å². The number of carbonyl (C=O) groups is 3. The van der Waals surface area contributed by atoms with E-state index < -0.39 is 29.4 Å². The van der Waals surface area contributed by atoms with Crippen LogP contribution in [0.1, 0.15) is 34.8 Å². The van der Waals surface area contributed by atoms with Crippen molar-refractivity contribution < 1.29 is 24.3 Å². The molecule has 1 aliphatic heterocycles. The molecule has 0 saturated carbocycles. The number of benzene rings is 3. The van der Waals surface area contributed by atoms with Gasteiger partial charge in [-0.1, -0.05) is 70.3 Å². The molecule has 11 heteroatoms. The lowest BCUT2D eigenvalue weighted by Crippen LogP contribution is -2.51. The number of rotatable bonds is 8. The number of anilines is 1. The zero-order valence-corrected chi connectivity index (χ0v) is 22.3. The second-order valence-electron chi connectivity index (χ2n) is 8.86. The topological polar surface area (TPSA) is 117 Å².